The van der Waals surface area contributed by atoms with E-state index in [1.54, 1.807) is 0 Å². The molecule has 0 saturated heterocycles. The zero-order chi connectivity index (χ0) is 13.7. The largest absolute Gasteiger partial charge is 0.491 e. The molecular weight excluding hydrogens is 234 g/mol. The van der Waals surface area contributed by atoms with Crippen molar-refractivity contribution >= 4 is 0 Å². The highest BCUT2D eigenvalue weighted by Gasteiger charge is 2.11. The van der Waals surface area contributed by atoms with Gasteiger partial charge in [0.15, 0.2) is 0 Å². The third-order valence-electron chi connectivity index (χ3n) is 3.55. The first-order valence-corrected chi connectivity index (χ1v) is 7.35. The van der Waals surface area contributed by atoms with Crippen molar-refractivity contribution in [2.75, 3.05) is 0 Å². The second kappa shape index (κ2) is 6.76. The molecule has 1 aliphatic rings. The average Bonchev–Trinajstić information content (AvgIpc) is 2.40. The van der Waals surface area contributed by atoms with E-state index >= 15 is 0 Å². The number of rotatable bonds is 5. The Hall–Kier alpha value is -1.28. The zero-order valence-corrected chi connectivity index (χ0v) is 12.1. The van der Waals surface area contributed by atoms with E-state index < -0.39 is 0 Å². The van der Waals surface area contributed by atoms with Crippen molar-refractivity contribution in [3.05, 3.63) is 41.5 Å². The van der Waals surface area contributed by atoms with E-state index in [4.69, 9.17) is 10.5 Å². The molecule has 2 nitrogen and oxygen atoms in total. The van der Waals surface area contributed by atoms with E-state index in [1.807, 2.05) is 26.0 Å². The van der Waals surface area contributed by atoms with E-state index in [2.05, 4.69) is 18.2 Å². The molecule has 0 heterocycles. The van der Waals surface area contributed by atoms with Crippen LogP contribution in [-0.4, -0.2) is 6.10 Å². The summed E-state index contributed by atoms with van der Waals surface area (Å²) in [5, 5.41) is 0. The number of ether oxygens (including phenoxy) is 1. The van der Waals surface area contributed by atoms with Crippen molar-refractivity contribution in [2.24, 2.45) is 5.73 Å². The molecule has 0 fully saturated rings. The Morgan fingerprint density at radius 1 is 1.16 bits per heavy atom. The molecule has 1 unspecified atom stereocenters. The summed E-state index contributed by atoms with van der Waals surface area (Å²) in [6.07, 6.45) is 8.68. The molecule has 0 amide bonds. The predicted octanol–water partition coefficient (Wildman–Crippen LogP) is 4.36. The summed E-state index contributed by atoms with van der Waals surface area (Å²) in [5.74, 6) is 0.919. The summed E-state index contributed by atoms with van der Waals surface area (Å²) in [4.78, 5) is 0. The molecule has 0 aliphatic heterocycles. The van der Waals surface area contributed by atoms with E-state index in [9.17, 15) is 0 Å². The van der Waals surface area contributed by atoms with Gasteiger partial charge in [0.05, 0.1) is 6.10 Å². The van der Waals surface area contributed by atoms with Gasteiger partial charge >= 0.3 is 0 Å². The standard InChI is InChI=1S/C17H25NO/c1-13(2)19-16-10-8-15(9-11-16)17(18)12-14-6-4-3-5-7-14/h6,8-11,13,17H,3-5,7,12,18H2,1-2H3. The molecule has 2 heteroatoms. The SMILES string of the molecule is CC(C)Oc1ccc(C(N)CC2=CCCCC2)cc1. The lowest BCUT2D eigenvalue weighted by molar-refractivity contribution is 0.242. The maximum absolute atomic E-state index is 6.30. The first-order valence-electron chi connectivity index (χ1n) is 7.35. The summed E-state index contributed by atoms with van der Waals surface area (Å²) in [6, 6.07) is 8.32. The van der Waals surface area contributed by atoms with Crippen LogP contribution in [0.1, 0.15) is 57.6 Å². The molecule has 2 N–H and O–H groups in total. The van der Waals surface area contributed by atoms with Crippen molar-refractivity contribution in [1.29, 1.82) is 0 Å². The van der Waals surface area contributed by atoms with Gasteiger partial charge in [-0.15, -0.1) is 0 Å². The number of allylic oxidation sites excluding steroid dienone is 1. The summed E-state index contributed by atoms with van der Waals surface area (Å²) in [6.45, 7) is 4.07. The van der Waals surface area contributed by atoms with Gasteiger partial charge in [-0.1, -0.05) is 23.8 Å². The molecule has 0 radical (unpaired) electrons. The first kappa shape index (κ1) is 14.1. The number of nitrogens with two attached hydrogens (primary N) is 1. The van der Waals surface area contributed by atoms with Crippen molar-refractivity contribution < 1.29 is 4.74 Å². The van der Waals surface area contributed by atoms with Crippen molar-refractivity contribution in [2.45, 2.75) is 58.1 Å². The number of hydrogen-bond donors (Lipinski definition) is 1. The van der Waals surface area contributed by atoms with Gasteiger partial charge in [0.2, 0.25) is 0 Å². The summed E-state index contributed by atoms with van der Waals surface area (Å²) in [5.41, 5.74) is 9.02. The van der Waals surface area contributed by atoms with Gasteiger partial charge in [-0.2, -0.15) is 0 Å². The van der Waals surface area contributed by atoms with Crippen molar-refractivity contribution in [3.8, 4) is 5.75 Å². The summed E-state index contributed by atoms with van der Waals surface area (Å²) >= 11 is 0. The second-order valence-corrected chi connectivity index (χ2v) is 5.65. The smallest absolute Gasteiger partial charge is 0.119 e. The molecular formula is C17H25NO. The zero-order valence-electron chi connectivity index (χ0n) is 12.1. The van der Waals surface area contributed by atoms with Crippen LogP contribution in [-0.2, 0) is 0 Å². The van der Waals surface area contributed by atoms with E-state index in [1.165, 1.54) is 36.8 Å². The minimum absolute atomic E-state index is 0.109. The van der Waals surface area contributed by atoms with E-state index in [0.717, 1.165) is 12.2 Å². The van der Waals surface area contributed by atoms with Gasteiger partial charge in [0.25, 0.3) is 0 Å². The second-order valence-electron chi connectivity index (χ2n) is 5.65. The van der Waals surface area contributed by atoms with Crippen LogP contribution in [0.25, 0.3) is 0 Å². The fourth-order valence-corrected chi connectivity index (χ4v) is 2.56. The molecule has 0 aromatic heterocycles. The van der Waals surface area contributed by atoms with Crippen LogP contribution in [0, 0.1) is 0 Å². The maximum Gasteiger partial charge on any atom is 0.119 e. The molecule has 19 heavy (non-hydrogen) atoms. The molecule has 1 atom stereocenters. The summed E-state index contributed by atoms with van der Waals surface area (Å²) < 4.78 is 5.65. The Balaban J connectivity index is 1.95. The Labute approximate surface area is 116 Å². The van der Waals surface area contributed by atoms with Crippen LogP contribution in [0.3, 0.4) is 0 Å². The fourth-order valence-electron chi connectivity index (χ4n) is 2.56. The lowest BCUT2D eigenvalue weighted by Crippen LogP contribution is -2.12. The molecule has 1 aliphatic carbocycles. The molecule has 0 saturated carbocycles. The third kappa shape index (κ3) is 4.39. The molecule has 1 aromatic carbocycles. The minimum Gasteiger partial charge on any atom is -0.491 e. The Kier molecular flexibility index (Phi) is 5.03. The van der Waals surface area contributed by atoms with Crippen LogP contribution in [0.15, 0.2) is 35.9 Å². The first-order chi connectivity index (χ1) is 9.15. The van der Waals surface area contributed by atoms with Gasteiger partial charge in [-0.3, -0.25) is 0 Å². The van der Waals surface area contributed by atoms with Gasteiger partial charge < -0.3 is 10.5 Å². The van der Waals surface area contributed by atoms with Crippen LogP contribution < -0.4 is 10.5 Å². The number of benzene rings is 1. The molecule has 1 aromatic rings. The van der Waals surface area contributed by atoms with E-state index in [0.29, 0.717) is 0 Å². The van der Waals surface area contributed by atoms with Crippen molar-refractivity contribution in [1.82, 2.24) is 0 Å². The topological polar surface area (TPSA) is 35.2 Å². The van der Waals surface area contributed by atoms with Gasteiger partial charge in [-0.25, -0.2) is 0 Å². The highest BCUT2D eigenvalue weighted by Crippen LogP contribution is 2.27. The fraction of sp³-hybridized carbons (Fsp3) is 0.529. The van der Waals surface area contributed by atoms with Crippen LogP contribution in [0.2, 0.25) is 0 Å². The normalized spacial score (nSPS) is 17.2. The Morgan fingerprint density at radius 2 is 1.89 bits per heavy atom. The predicted molar refractivity (Wildman–Crippen MR) is 80.3 cm³/mol. The van der Waals surface area contributed by atoms with Gasteiger partial charge in [0.1, 0.15) is 5.75 Å². The quantitative estimate of drug-likeness (QED) is 0.797. The van der Waals surface area contributed by atoms with E-state index in [-0.39, 0.29) is 12.1 Å². The minimum atomic E-state index is 0.109. The molecule has 2 rings (SSSR count). The monoisotopic (exact) mass is 259 g/mol. The maximum atomic E-state index is 6.30. The van der Waals surface area contributed by atoms with Crippen LogP contribution in [0.4, 0.5) is 0 Å². The highest BCUT2D eigenvalue weighted by atomic mass is 16.5. The average molecular weight is 259 g/mol. The van der Waals surface area contributed by atoms with Gasteiger partial charge in [-0.05, 0) is 63.6 Å². The highest BCUT2D eigenvalue weighted by molar-refractivity contribution is 5.30. The lowest BCUT2D eigenvalue weighted by Gasteiger charge is -2.18. The summed E-state index contributed by atoms with van der Waals surface area (Å²) in [7, 11) is 0. The van der Waals surface area contributed by atoms with Gasteiger partial charge in [0, 0.05) is 6.04 Å². The van der Waals surface area contributed by atoms with Crippen molar-refractivity contribution in [3.63, 3.8) is 0 Å². The number of hydrogen-bond acceptors (Lipinski definition) is 2. The molecule has 104 valence electrons. The van der Waals surface area contributed by atoms with Crippen LogP contribution >= 0.6 is 0 Å². The Morgan fingerprint density at radius 3 is 2.47 bits per heavy atom. The Bertz CT molecular complexity index is 419. The lowest BCUT2D eigenvalue weighted by atomic mass is 9.92. The molecule has 0 spiro atoms. The van der Waals surface area contributed by atoms with Crippen LogP contribution in [0.5, 0.6) is 5.75 Å². The third-order valence-corrected chi connectivity index (χ3v) is 3.55. The molecule has 0 bridgehead atoms.